The maximum absolute atomic E-state index is 6.56. The van der Waals surface area contributed by atoms with Crippen molar-refractivity contribution in [3.05, 3.63) is 29.8 Å². The lowest BCUT2D eigenvalue weighted by molar-refractivity contribution is 0.298. The van der Waals surface area contributed by atoms with Gasteiger partial charge in [0, 0.05) is 24.3 Å². The molecule has 0 atom stereocenters. The summed E-state index contributed by atoms with van der Waals surface area (Å²) in [5.74, 6) is 0. The largest absolute Gasteiger partial charge is 0.370 e. The predicted octanol–water partition coefficient (Wildman–Crippen LogP) is 3.48. The van der Waals surface area contributed by atoms with Crippen LogP contribution in [0.3, 0.4) is 0 Å². The molecule has 2 N–H and O–H groups in total. The molecule has 1 saturated carbocycles. The second kappa shape index (κ2) is 5.75. The number of nitrogens with zero attached hydrogens (tertiary/aromatic N) is 1. The van der Waals surface area contributed by atoms with E-state index in [0.717, 1.165) is 13.1 Å². The molecule has 2 heteroatoms. The van der Waals surface area contributed by atoms with Gasteiger partial charge in [0.2, 0.25) is 0 Å². The number of likely N-dealkylation sites (N-methyl/N-ethyl adjacent to an activating group) is 1. The minimum atomic E-state index is 0.0269. The fourth-order valence-corrected chi connectivity index (χ4v) is 2.94. The van der Waals surface area contributed by atoms with Gasteiger partial charge in [-0.15, -0.1) is 0 Å². The van der Waals surface area contributed by atoms with Crippen molar-refractivity contribution in [2.24, 2.45) is 5.73 Å². The van der Waals surface area contributed by atoms with Crippen LogP contribution in [0, 0.1) is 6.92 Å². The van der Waals surface area contributed by atoms with Crippen molar-refractivity contribution < 1.29 is 0 Å². The Labute approximate surface area is 111 Å². The number of hydrogen-bond acceptors (Lipinski definition) is 2. The number of nitrogens with two attached hydrogens (primary N) is 1. The molecule has 100 valence electrons. The van der Waals surface area contributed by atoms with E-state index in [-0.39, 0.29) is 5.54 Å². The van der Waals surface area contributed by atoms with Gasteiger partial charge in [-0.3, -0.25) is 0 Å². The van der Waals surface area contributed by atoms with Crippen LogP contribution < -0.4 is 10.6 Å². The molecule has 2 nitrogen and oxygen atoms in total. The summed E-state index contributed by atoms with van der Waals surface area (Å²) in [6.07, 6.45) is 6.30. The molecule has 0 spiro atoms. The van der Waals surface area contributed by atoms with Gasteiger partial charge in [-0.25, -0.2) is 0 Å². The smallest absolute Gasteiger partial charge is 0.0366 e. The van der Waals surface area contributed by atoms with Crippen LogP contribution >= 0.6 is 0 Å². The fourth-order valence-electron chi connectivity index (χ4n) is 2.94. The van der Waals surface area contributed by atoms with Crippen LogP contribution in [0.25, 0.3) is 0 Å². The van der Waals surface area contributed by atoms with E-state index in [2.05, 4.69) is 43.0 Å². The van der Waals surface area contributed by atoms with Crippen LogP contribution in [-0.2, 0) is 0 Å². The molecule has 0 heterocycles. The zero-order valence-electron chi connectivity index (χ0n) is 11.8. The van der Waals surface area contributed by atoms with Crippen LogP contribution in [0.15, 0.2) is 24.3 Å². The van der Waals surface area contributed by atoms with Crippen LogP contribution in [0.5, 0.6) is 0 Å². The zero-order valence-corrected chi connectivity index (χ0v) is 11.8. The van der Waals surface area contributed by atoms with Crippen molar-refractivity contribution >= 4 is 5.69 Å². The van der Waals surface area contributed by atoms with Crippen molar-refractivity contribution in [3.8, 4) is 0 Å². The number of aryl methyl sites for hydroxylation is 1. The zero-order chi connectivity index (χ0) is 13.0. The fraction of sp³-hybridized carbons (Fsp3) is 0.625. The Hall–Kier alpha value is -1.02. The van der Waals surface area contributed by atoms with Gasteiger partial charge >= 0.3 is 0 Å². The summed E-state index contributed by atoms with van der Waals surface area (Å²) in [6.45, 7) is 6.37. The molecule has 0 bridgehead atoms. The van der Waals surface area contributed by atoms with Gasteiger partial charge in [0.1, 0.15) is 0 Å². The lowest BCUT2D eigenvalue weighted by Crippen LogP contribution is -2.51. The van der Waals surface area contributed by atoms with E-state index in [4.69, 9.17) is 5.73 Å². The summed E-state index contributed by atoms with van der Waals surface area (Å²) in [7, 11) is 0. The van der Waals surface area contributed by atoms with Crippen molar-refractivity contribution in [2.75, 3.05) is 18.0 Å². The molecule has 0 saturated heterocycles. The lowest BCUT2D eigenvalue weighted by atomic mass is 9.82. The van der Waals surface area contributed by atoms with Crippen molar-refractivity contribution in [2.45, 2.75) is 51.5 Å². The lowest BCUT2D eigenvalue weighted by Gasteiger charge is -2.38. The third-order valence-corrected chi connectivity index (χ3v) is 4.14. The highest BCUT2D eigenvalue weighted by atomic mass is 15.1. The molecule has 2 rings (SSSR count). The molecule has 0 aromatic heterocycles. The average Bonchev–Trinajstić information content (AvgIpc) is 2.38. The van der Waals surface area contributed by atoms with Crippen molar-refractivity contribution in [1.82, 2.24) is 0 Å². The second-order valence-corrected chi connectivity index (χ2v) is 5.77. The minimum absolute atomic E-state index is 0.0269. The van der Waals surface area contributed by atoms with Gasteiger partial charge < -0.3 is 10.6 Å². The van der Waals surface area contributed by atoms with Gasteiger partial charge in [-0.1, -0.05) is 37.0 Å². The topological polar surface area (TPSA) is 29.3 Å². The molecular formula is C16H26N2. The van der Waals surface area contributed by atoms with E-state index < -0.39 is 0 Å². The molecule has 0 unspecified atom stereocenters. The van der Waals surface area contributed by atoms with E-state index in [1.165, 1.54) is 43.4 Å². The Bertz CT molecular complexity index is 363. The number of hydrogen-bond donors (Lipinski definition) is 1. The minimum Gasteiger partial charge on any atom is -0.370 e. The van der Waals surface area contributed by atoms with E-state index >= 15 is 0 Å². The maximum Gasteiger partial charge on any atom is 0.0366 e. The summed E-state index contributed by atoms with van der Waals surface area (Å²) >= 11 is 0. The quantitative estimate of drug-likeness (QED) is 0.881. The van der Waals surface area contributed by atoms with Gasteiger partial charge in [0.25, 0.3) is 0 Å². The van der Waals surface area contributed by atoms with Crippen LogP contribution in [0.4, 0.5) is 5.69 Å². The van der Waals surface area contributed by atoms with E-state index in [0.29, 0.717) is 0 Å². The molecule has 0 radical (unpaired) electrons. The van der Waals surface area contributed by atoms with Gasteiger partial charge in [-0.05, 0) is 38.8 Å². The summed E-state index contributed by atoms with van der Waals surface area (Å²) in [6, 6.07) is 8.79. The van der Waals surface area contributed by atoms with Crippen LogP contribution in [-0.4, -0.2) is 18.6 Å². The number of rotatable bonds is 4. The normalized spacial score (nSPS) is 18.6. The third-order valence-electron chi connectivity index (χ3n) is 4.14. The highest BCUT2D eigenvalue weighted by molar-refractivity contribution is 5.47. The van der Waals surface area contributed by atoms with Gasteiger partial charge in [0.05, 0.1) is 0 Å². The molecule has 1 fully saturated rings. The molecule has 18 heavy (non-hydrogen) atoms. The molecule has 1 aromatic rings. The van der Waals surface area contributed by atoms with E-state index in [9.17, 15) is 0 Å². The highest BCUT2D eigenvalue weighted by Gasteiger charge is 2.29. The first kappa shape index (κ1) is 13.4. The first-order valence-electron chi connectivity index (χ1n) is 7.23. The summed E-state index contributed by atoms with van der Waals surface area (Å²) in [5, 5.41) is 0. The summed E-state index contributed by atoms with van der Waals surface area (Å²) < 4.78 is 0. The SMILES string of the molecule is CCN(CC1(N)CCCCC1)c1ccc(C)cc1. The Balaban J connectivity index is 2.06. The first-order valence-corrected chi connectivity index (χ1v) is 7.23. The highest BCUT2D eigenvalue weighted by Crippen LogP contribution is 2.28. The second-order valence-electron chi connectivity index (χ2n) is 5.77. The number of benzene rings is 1. The maximum atomic E-state index is 6.56. The Kier molecular flexibility index (Phi) is 4.28. The molecular weight excluding hydrogens is 220 g/mol. The summed E-state index contributed by atoms with van der Waals surface area (Å²) in [4.78, 5) is 2.42. The molecule has 1 aliphatic rings. The van der Waals surface area contributed by atoms with Crippen LogP contribution in [0.2, 0.25) is 0 Å². The monoisotopic (exact) mass is 246 g/mol. The molecule has 0 amide bonds. The molecule has 1 aromatic carbocycles. The van der Waals surface area contributed by atoms with E-state index in [1.54, 1.807) is 0 Å². The third kappa shape index (κ3) is 3.26. The van der Waals surface area contributed by atoms with Gasteiger partial charge in [0.15, 0.2) is 0 Å². The molecule has 0 aliphatic heterocycles. The standard InChI is InChI=1S/C16H26N2/c1-3-18(15-9-7-14(2)8-10-15)13-16(17)11-5-4-6-12-16/h7-10H,3-6,11-13,17H2,1-2H3. The Morgan fingerprint density at radius 1 is 1.11 bits per heavy atom. The number of anilines is 1. The molecule has 1 aliphatic carbocycles. The Morgan fingerprint density at radius 3 is 2.28 bits per heavy atom. The predicted molar refractivity (Wildman–Crippen MR) is 79.1 cm³/mol. The van der Waals surface area contributed by atoms with Crippen LogP contribution in [0.1, 0.15) is 44.6 Å². The Morgan fingerprint density at radius 2 is 1.72 bits per heavy atom. The van der Waals surface area contributed by atoms with Crippen molar-refractivity contribution in [3.63, 3.8) is 0 Å². The van der Waals surface area contributed by atoms with E-state index in [1.807, 2.05) is 0 Å². The van der Waals surface area contributed by atoms with Gasteiger partial charge in [-0.2, -0.15) is 0 Å². The first-order chi connectivity index (χ1) is 8.63. The van der Waals surface area contributed by atoms with Crippen molar-refractivity contribution in [1.29, 1.82) is 0 Å². The average molecular weight is 246 g/mol. The summed E-state index contributed by atoms with van der Waals surface area (Å²) in [5.41, 5.74) is 9.21.